The largest absolute Gasteiger partial charge is 0.399 e. The minimum atomic E-state index is 0.346. The maximum atomic E-state index is 5.98. The summed E-state index contributed by atoms with van der Waals surface area (Å²) in [6, 6.07) is 29.4. The fraction of sp³-hybridized carbons (Fsp3) is 0.333. The Morgan fingerprint density at radius 3 is 2.00 bits per heavy atom. The van der Waals surface area contributed by atoms with Crippen LogP contribution >= 0.6 is 0 Å². The first-order valence-corrected chi connectivity index (χ1v) is 11.2. The third-order valence-electron chi connectivity index (χ3n) is 6.88. The number of hydrogen-bond acceptors (Lipinski definition) is 3. The maximum absolute atomic E-state index is 5.98. The van der Waals surface area contributed by atoms with Gasteiger partial charge in [-0.25, -0.2) is 0 Å². The topological polar surface area (TPSA) is 32.5 Å². The van der Waals surface area contributed by atoms with Gasteiger partial charge in [-0.05, 0) is 53.6 Å². The van der Waals surface area contributed by atoms with E-state index in [-0.39, 0.29) is 0 Å². The van der Waals surface area contributed by atoms with Crippen LogP contribution < -0.4 is 5.73 Å². The fourth-order valence-electron chi connectivity index (χ4n) is 5.30. The molecule has 3 heteroatoms. The van der Waals surface area contributed by atoms with E-state index in [1.165, 1.54) is 35.1 Å². The van der Waals surface area contributed by atoms with Gasteiger partial charge < -0.3 is 5.73 Å². The molecule has 2 heterocycles. The minimum absolute atomic E-state index is 0.346. The standard InChI is InChI=1S/C27H31N3/c28-25-12-11-24-20-30(16-13-23(24)19-25)26-14-17-29(18-15-26)27(21-7-3-1-4-8-21)22-9-5-2-6-10-22/h1-12,19,26-27H,13-18,20,28H2. The average molecular weight is 398 g/mol. The van der Waals surface area contributed by atoms with E-state index in [4.69, 9.17) is 5.73 Å². The summed E-state index contributed by atoms with van der Waals surface area (Å²) in [4.78, 5) is 5.38. The molecule has 154 valence electrons. The molecule has 0 aromatic heterocycles. The van der Waals surface area contributed by atoms with Crippen LogP contribution in [0.3, 0.4) is 0 Å². The molecule has 5 rings (SSSR count). The first-order valence-electron chi connectivity index (χ1n) is 11.2. The van der Waals surface area contributed by atoms with Gasteiger partial charge in [0.2, 0.25) is 0 Å². The van der Waals surface area contributed by atoms with Crippen molar-refractivity contribution < 1.29 is 0 Å². The second kappa shape index (κ2) is 8.63. The Labute approximate surface area is 180 Å². The van der Waals surface area contributed by atoms with Gasteiger partial charge in [-0.2, -0.15) is 0 Å². The molecule has 30 heavy (non-hydrogen) atoms. The van der Waals surface area contributed by atoms with Gasteiger partial charge in [0.1, 0.15) is 0 Å². The predicted octanol–water partition coefficient (Wildman–Crippen LogP) is 4.88. The molecule has 0 amide bonds. The smallest absolute Gasteiger partial charge is 0.0601 e. The maximum Gasteiger partial charge on any atom is 0.0601 e. The normalized spacial score (nSPS) is 18.4. The van der Waals surface area contributed by atoms with Gasteiger partial charge in [0.15, 0.2) is 0 Å². The number of rotatable bonds is 4. The summed E-state index contributed by atoms with van der Waals surface area (Å²) in [5.41, 5.74) is 12.6. The molecule has 0 spiro atoms. The highest BCUT2D eigenvalue weighted by Gasteiger charge is 2.31. The van der Waals surface area contributed by atoms with E-state index in [1.54, 1.807) is 0 Å². The number of nitrogens with two attached hydrogens (primary N) is 1. The number of piperidine rings is 1. The Morgan fingerprint density at radius 1 is 0.733 bits per heavy atom. The molecule has 3 aromatic rings. The highest BCUT2D eigenvalue weighted by atomic mass is 15.2. The van der Waals surface area contributed by atoms with E-state index in [2.05, 4.69) is 88.7 Å². The van der Waals surface area contributed by atoms with Crippen molar-refractivity contribution in [3.8, 4) is 0 Å². The summed E-state index contributed by atoms with van der Waals surface area (Å²) in [6.07, 6.45) is 3.60. The van der Waals surface area contributed by atoms with E-state index in [0.717, 1.165) is 38.3 Å². The van der Waals surface area contributed by atoms with Crippen LogP contribution in [0, 0.1) is 0 Å². The first-order chi connectivity index (χ1) is 14.8. The molecular weight excluding hydrogens is 366 g/mol. The monoisotopic (exact) mass is 397 g/mol. The molecular formula is C27H31N3. The van der Waals surface area contributed by atoms with Gasteiger partial charge in [0.05, 0.1) is 6.04 Å². The lowest BCUT2D eigenvalue weighted by atomic mass is 9.92. The summed E-state index contributed by atoms with van der Waals surface area (Å²) in [5, 5.41) is 0. The molecule has 1 fully saturated rings. The zero-order valence-corrected chi connectivity index (χ0v) is 17.6. The Morgan fingerprint density at radius 2 is 1.37 bits per heavy atom. The van der Waals surface area contributed by atoms with Gasteiger partial charge in [-0.3, -0.25) is 9.80 Å². The molecule has 1 saturated heterocycles. The Kier molecular flexibility index (Phi) is 5.56. The van der Waals surface area contributed by atoms with Crippen LogP contribution in [0.4, 0.5) is 5.69 Å². The highest BCUT2D eigenvalue weighted by molar-refractivity contribution is 5.45. The zero-order valence-electron chi connectivity index (χ0n) is 17.6. The van der Waals surface area contributed by atoms with Crippen molar-refractivity contribution >= 4 is 5.69 Å². The number of benzene rings is 3. The third-order valence-corrected chi connectivity index (χ3v) is 6.88. The van der Waals surface area contributed by atoms with Gasteiger partial charge >= 0.3 is 0 Å². The first kappa shape index (κ1) is 19.3. The van der Waals surface area contributed by atoms with Gasteiger partial charge in [0.25, 0.3) is 0 Å². The number of hydrogen-bond donors (Lipinski definition) is 1. The highest BCUT2D eigenvalue weighted by Crippen LogP contribution is 2.33. The van der Waals surface area contributed by atoms with Crippen molar-refractivity contribution in [2.45, 2.75) is 37.9 Å². The predicted molar refractivity (Wildman–Crippen MR) is 124 cm³/mol. The molecule has 0 saturated carbocycles. The number of nitrogens with zero attached hydrogens (tertiary/aromatic N) is 2. The van der Waals surface area contributed by atoms with Crippen LogP contribution in [-0.2, 0) is 13.0 Å². The van der Waals surface area contributed by atoms with Crippen LogP contribution in [0.15, 0.2) is 78.9 Å². The summed E-state index contributed by atoms with van der Waals surface area (Å²) in [7, 11) is 0. The summed E-state index contributed by atoms with van der Waals surface area (Å²) >= 11 is 0. The van der Waals surface area contributed by atoms with Crippen molar-refractivity contribution in [2.75, 3.05) is 25.4 Å². The molecule has 0 aliphatic carbocycles. The molecule has 3 nitrogen and oxygen atoms in total. The fourth-order valence-corrected chi connectivity index (χ4v) is 5.30. The van der Waals surface area contributed by atoms with Crippen LogP contribution in [0.25, 0.3) is 0 Å². The van der Waals surface area contributed by atoms with Crippen LogP contribution in [0.5, 0.6) is 0 Å². The molecule has 0 radical (unpaired) electrons. The van der Waals surface area contributed by atoms with Crippen LogP contribution in [-0.4, -0.2) is 35.5 Å². The third kappa shape index (κ3) is 4.00. The van der Waals surface area contributed by atoms with Crippen molar-refractivity contribution in [3.05, 3.63) is 101 Å². The molecule has 0 unspecified atom stereocenters. The SMILES string of the molecule is Nc1ccc2c(c1)CCN(C1CCN(C(c3ccccc3)c3ccccc3)CC1)C2. The van der Waals surface area contributed by atoms with E-state index in [1.807, 2.05) is 0 Å². The second-order valence-corrected chi connectivity index (χ2v) is 8.74. The van der Waals surface area contributed by atoms with Gasteiger partial charge in [-0.15, -0.1) is 0 Å². The summed E-state index contributed by atoms with van der Waals surface area (Å²) < 4.78 is 0. The Balaban J connectivity index is 1.29. The lowest BCUT2D eigenvalue weighted by Crippen LogP contribution is -2.47. The molecule has 3 aromatic carbocycles. The quantitative estimate of drug-likeness (QED) is 0.637. The minimum Gasteiger partial charge on any atom is -0.399 e. The van der Waals surface area contributed by atoms with Crippen molar-refractivity contribution in [1.29, 1.82) is 0 Å². The summed E-state index contributed by atoms with van der Waals surface area (Å²) in [5.74, 6) is 0. The molecule has 2 aliphatic rings. The van der Waals surface area contributed by atoms with Crippen LogP contribution in [0.2, 0.25) is 0 Å². The number of nitrogen functional groups attached to an aromatic ring is 1. The molecule has 2 N–H and O–H groups in total. The molecule has 0 atom stereocenters. The Hall–Kier alpha value is -2.62. The van der Waals surface area contributed by atoms with E-state index in [9.17, 15) is 0 Å². The van der Waals surface area contributed by atoms with Gasteiger partial charge in [0, 0.05) is 37.9 Å². The van der Waals surface area contributed by atoms with E-state index >= 15 is 0 Å². The number of likely N-dealkylation sites (tertiary alicyclic amines) is 1. The number of fused-ring (bicyclic) bond motifs is 1. The zero-order chi connectivity index (χ0) is 20.3. The average Bonchev–Trinajstić information content (AvgIpc) is 2.81. The van der Waals surface area contributed by atoms with Crippen molar-refractivity contribution in [1.82, 2.24) is 9.80 Å². The van der Waals surface area contributed by atoms with E-state index in [0.29, 0.717) is 12.1 Å². The molecule has 0 bridgehead atoms. The van der Waals surface area contributed by atoms with Crippen molar-refractivity contribution in [2.24, 2.45) is 0 Å². The second-order valence-electron chi connectivity index (χ2n) is 8.74. The summed E-state index contributed by atoms with van der Waals surface area (Å²) in [6.45, 7) is 4.51. The van der Waals surface area contributed by atoms with Gasteiger partial charge in [-0.1, -0.05) is 66.7 Å². The molecule has 2 aliphatic heterocycles. The lowest BCUT2D eigenvalue weighted by Gasteiger charge is -2.43. The lowest BCUT2D eigenvalue weighted by molar-refractivity contribution is 0.0843. The van der Waals surface area contributed by atoms with E-state index < -0.39 is 0 Å². The number of anilines is 1. The van der Waals surface area contributed by atoms with Crippen LogP contribution in [0.1, 0.15) is 41.1 Å². The van der Waals surface area contributed by atoms with Crippen molar-refractivity contribution in [3.63, 3.8) is 0 Å². The Bertz CT molecular complexity index is 922.